The maximum atomic E-state index is 11.6. The van der Waals surface area contributed by atoms with Crippen molar-refractivity contribution >= 4 is 35.4 Å². The summed E-state index contributed by atoms with van der Waals surface area (Å²) in [6.07, 6.45) is 6.65. The van der Waals surface area contributed by atoms with Gasteiger partial charge in [0, 0.05) is 21.1 Å². The number of H-pyrrole nitrogens is 1. The fourth-order valence-electron chi connectivity index (χ4n) is 2.25. The Morgan fingerprint density at radius 3 is 2.75 bits per heavy atom. The molecule has 8 heteroatoms. The van der Waals surface area contributed by atoms with Crippen LogP contribution in [0.2, 0.25) is 5.02 Å². The number of carbonyl (C=O) groups is 1. The molecule has 1 aromatic heterocycles. The second kappa shape index (κ2) is 9.13. The van der Waals surface area contributed by atoms with Crippen LogP contribution < -0.4 is 9.84 Å². The van der Waals surface area contributed by atoms with E-state index in [4.69, 9.17) is 22.8 Å². The Bertz CT molecular complexity index is 1060. The molecule has 0 aliphatic heterocycles. The molecule has 0 atom stereocenters. The topological polar surface area (TPSA) is 90.9 Å². The van der Waals surface area contributed by atoms with Crippen molar-refractivity contribution in [1.82, 2.24) is 15.2 Å². The SMILES string of the molecule is C#CCOc1ccccc1/C=C(\Sc1n[nH]c(-c2ccc(Cl)cc2)n1)C(=O)[O-]. The van der Waals surface area contributed by atoms with Crippen molar-refractivity contribution in [3.63, 3.8) is 0 Å². The van der Waals surface area contributed by atoms with Crippen LogP contribution >= 0.6 is 23.4 Å². The van der Waals surface area contributed by atoms with Gasteiger partial charge in [-0.25, -0.2) is 4.98 Å². The minimum absolute atomic E-state index is 0.0709. The van der Waals surface area contributed by atoms with Gasteiger partial charge < -0.3 is 14.6 Å². The van der Waals surface area contributed by atoms with Gasteiger partial charge in [-0.1, -0.05) is 35.7 Å². The number of aromatic nitrogens is 3. The smallest absolute Gasteiger partial charge is 0.213 e. The first-order valence-electron chi connectivity index (χ1n) is 8.01. The number of carboxylic acids is 1. The van der Waals surface area contributed by atoms with E-state index in [0.29, 0.717) is 22.2 Å². The monoisotopic (exact) mass is 410 g/mol. The highest BCUT2D eigenvalue weighted by Crippen LogP contribution is 2.29. The molecule has 3 aromatic rings. The lowest BCUT2D eigenvalue weighted by atomic mass is 10.2. The van der Waals surface area contributed by atoms with Crippen molar-refractivity contribution in [2.45, 2.75) is 5.16 Å². The maximum Gasteiger partial charge on any atom is 0.213 e. The molecule has 0 saturated heterocycles. The van der Waals surface area contributed by atoms with Crippen molar-refractivity contribution in [3.05, 3.63) is 64.0 Å². The Morgan fingerprint density at radius 2 is 2.04 bits per heavy atom. The number of rotatable bonds is 7. The number of hydrogen-bond acceptors (Lipinski definition) is 6. The molecule has 3 rings (SSSR count). The fourth-order valence-corrected chi connectivity index (χ4v) is 3.07. The number of aliphatic carboxylic acids is 1. The van der Waals surface area contributed by atoms with E-state index in [2.05, 4.69) is 21.1 Å². The Morgan fingerprint density at radius 1 is 1.29 bits per heavy atom. The molecule has 0 spiro atoms. The predicted octanol–water partition coefficient (Wildman–Crippen LogP) is 3.02. The van der Waals surface area contributed by atoms with E-state index < -0.39 is 5.97 Å². The van der Waals surface area contributed by atoms with Crippen molar-refractivity contribution in [2.75, 3.05) is 6.61 Å². The number of thioether (sulfide) groups is 1. The Kier molecular flexibility index (Phi) is 6.37. The second-order valence-corrected chi connectivity index (χ2v) is 6.85. The number of carboxylic acid groups (broad SMARTS) is 1. The molecule has 6 nitrogen and oxygen atoms in total. The molecule has 1 heterocycles. The lowest BCUT2D eigenvalue weighted by Gasteiger charge is -2.09. The minimum atomic E-state index is -1.35. The standard InChI is InChI=1S/C20H14ClN3O3S/c1-2-11-27-16-6-4-3-5-14(16)12-17(19(25)26)28-20-22-18(23-24-20)13-7-9-15(21)10-8-13/h1,3-10,12H,11H2,(H,25,26)(H,22,23,24)/p-1/b17-12-. The molecule has 2 aromatic carbocycles. The summed E-state index contributed by atoms with van der Waals surface area (Å²) in [5.74, 6) is 1.98. The number of terminal acetylenes is 1. The summed E-state index contributed by atoms with van der Waals surface area (Å²) >= 11 is 6.74. The van der Waals surface area contributed by atoms with Crippen molar-refractivity contribution in [2.24, 2.45) is 0 Å². The molecule has 140 valence electrons. The van der Waals surface area contributed by atoms with Crippen LogP contribution in [0.25, 0.3) is 17.5 Å². The number of para-hydroxylation sites is 1. The van der Waals surface area contributed by atoms with Gasteiger partial charge in [-0.3, -0.25) is 5.10 Å². The predicted molar refractivity (Wildman–Crippen MR) is 106 cm³/mol. The lowest BCUT2D eigenvalue weighted by molar-refractivity contribution is -0.297. The van der Waals surface area contributed by atoms with Gasteiger partial charge in [-0.15, -0.1) is 11.5 Å². The van der Waals surface area contributed by atoms with E-state index in [1.807, 2.05) is 0 Å². The first kappa shape index (κ1) is 19.5. The van der Waals surface area contributed by atoms with Crippen LogP contribution in [0.15, 0.2) is 58.6 Å². The van der Waals surface area contributed by atoms with Crippen LogP contribution in [-0.4, -0.2) is 27.8 Å². The molecule has 0 fully saturated rings. The van der Waals surface area contributed by atoms with Gasteiger partial charge in [0.25, 0.3) is 0 Å². The van der Waals surface area contributed by atoms with E-state index in [1.165, 1.54) is 6.08 Å². The van der Waals surface area contributed by atoms with E-state index in [1.54, 1.807) is 48.5 Å². The number of nitrogens with one attached hydrogen (secondary N) is 1. The van der Waals surface area contributed by atoms with Crippen molar-refractivity contribution in [1.29, 1.82) is 0 Å². The zero-order chi connectivity index (χ0) is 19.9. The molecular formula is C20H13ClN3O3S-. The van der Waals surface area contributed by atoms with Gasteiger partial charge in [0.2, 0.25) is 5.16 Å². The number of benzene rings is 2. The van der Waals surface area contributed by atoms with Gasteiger partial charge in [-0.05, 0) is 48.2 Å². The Labute approximate surface area is 170 Å². The zero-order valence-corrected chi connectivity index (χ0v) is 16.0. The number of nitrogens with zero attached hydrogens (tertiary/aromatic N) is 2. The largest absolute Gasteiger partial charge is 0.544 e. The molecule has 0 amide bonds. The summed E-state index contributed by atoms with van der Waals surface area (Å²) in [5, 5.41) is 19.3. The Balaban J connectivity index is 1.85. The molecule has 0 saturated carbocycles. The van der Waals surface area contributed by atoms with Gasteiger partial charge in [-0.2, -0.15) is 0 Å². The molecule has 0 bridgehead atoms. The number of halogens is 1. The van der Waals surface area contributed by atoms with Crippen LogP contribution in [0.4, 0.5) is 0 Å². The van der Waals surface area contributed by atoms with Gasteiger partial charge in [0.15, 0.2) is 5.82 Å². The summed E-state index contributed by atoms with van der Waals surface area (Å²) in [5.41, 5.74) is 1.33. The van der Waals surface area contributed by atoms with Gasteiger partial charge in [0.1, 0.15) is 12.4 Å². The molecule has 0 aliphatic rings. The van der Waals surface area contributed by atoms with Gasteiger partial charge in [0.05, 0.1) is 5.97 Å². The van der Waals surface area contributed by atoms with Crippen LogP contribution in [0.5, 0.6) is 5.75 Å². The third-order valence-electron chi connectivity index (χ3n) is 3.50. The van der Waals surface area contributed by atoms with Crippen molar-refractivity contribution < 1.29 is 14.6 Å². The first-order valence-corrected chi connectivity index (χ1v) is 9.21. The van der Waals surface area contributed by atoms with Gasteiger partial charge >= 0.3 is 0 Å². The van der Waals surface area contributed by atoms with Crippen LogP contribution in [0, 0.1) is 12.3 Å². The third kappa shape index (κ3) is 4.94. The fraction of sp³-hybridized carbons (Fsp3) is 0.0500. The number of hydrogen-bond donors (Lipinski definition) is 1. The highest BCUT2D eigenvalue weighted by atomic mass is 35.5. The summed E-state index contributed by atoms with van der Waals surface area (Å²) in [6.45, 7) is 0.0734. The summed E-state index contributed by atoms with van der Waals surface area (Å²) in [7, 11) is 0. The quantitative estimate of drug-likeness (QED) is 0.366. The number of ether oxygens (including phenoxy) is 1. The molecular weight excluding hydrogens is 398 g/mol. The third-order valence-corrected chi connectivity index (χ3v) is 4.62. The molecule has 28 heavy (non-hydrogen) atoms. The molecule has 0 aliphatic carbocycles. The van der Waals surface area contributed by atoms with Crippen LogP contribution in [0.1, 0.15) is 5.56 Å². The second-order valence-electron chi connectivity index (χ2n) is 5.40. The summed E-state index contributed by atoms with van der Waals surface area (Å²) in [6, 6.07) is 14.0. The van der Waals surface area contributed by atoms with Crippen LogP contribution in [-0.2, 0) is 4.79 Å². The van der Waals surface area contributed by atoms with E-state index >= 15 is 0 Å². The van der Waals surface area contributed by atoms with E-state index in [0.717, 1.165) is 17.3 Å². The number of carbonyl (C=O) groups excluding carboxylic acids is 1. The average molecular weight is 411 g/mol. The maximum absolute atomic E-state index is 11.6. The average Bonchev–Trinajstić information content (AvgIpc) is 3.16. The van der Waals surface area contributed by atoms with E-state index in [9.17, 15) is 9.90 Å². The summed E-state index contributed by atoms with van der Waals surface area (Å²) in [4.78, 5) is 15.8. The number of aromatic amines is 1. The lowest BCUT2D eigenvalue weighted by Crippen LogP contribution is -2.23. The molecule has 1 N–H and O–H groups in total. The highest BCUT2D eigenvalue weighted by Gasteiger charge is 2.11. The zero-order valence-electron chi connectivity index (χ0n) is 14.4. The first-order chi connectivity index (χ1) is 13.6. The Hall–Kier alpha value is -3.21. The van der Waals surface area contributed by atoms with Crippen LogP contribution in [0.3, 0.4) is 0 Å². The summed E-state index contributed by atoms with van der Waals surface area (Å²) < 4.78 is 5.44. The van der Waals surface area contributed by atoms with Crippen molar-refractivity contribution in [3.8, 4) is 29.5 Å². The molecule has 0 unspecified atom stereocenters. The molecule has 0 radical (unpaired) electrons. The van der Waals surface area contributed by atoms with E-state index in [-0.39, 0.29) is 16.7 Å². The highest BCUT2D eigenvalue weighted by molar-refractivity contribution is 8.04. The normalized spacial score (nSPS) is 11.1. The minimum Gasteiger partial charge on any atom is -0.544 e.